The van der Waals surface area contributed by atoms with Gasteiger partial charge in [-0.2, -0.15) is 4.31 Å². The fourth-order valence-corrected chi connectivity index (χ4v) is 6.70. The topological polar surface area (TPSA) is 92.8 Å². The van der Waals surface area contributed by atoms with E-state index in [2.05, 4.69) is 5.32 Å². The zero-order valence-corrected chi connectivity index (χ0v) is 20.0. The molecular formula is C25H30N2O5S. The van der Waals surface area contributed by atoms with E-state index < -0.39 is 33.5 Å². The van der Waals surface area contributed by atoms with Gasteiger partial charge in [-0.3, -0.25) is 9.59 Å². The SMILES string of the molecule is CC(C)(C)OC(=O)CNC(=O)[C@@H]1CCCN1S(=O)(=O)CC1c2ccccc2-c2ccccc21. The number of fused-ring (bicyclic) bond motifs is 3. The Morgan fingerprint density at radius 2 is 1.61 bits per heavy atom. The quantitative estimate of drug-likeness (QED) is 0.655. The van der Waals surface area contributed by atoms with E-state index in [0.29, 0.717) is 19.4 Å². The summed E-state index contributed by atoms with van der Waals surface area (Å²) in [5.41, 5.74) is 3.45. The van der Waals surface area contributed by atoms with E-state index in [4.69, 9.17) is 4.74 Å². The van der Waals surface area contributed by atoms with E-state index in [1.807, 2.05) is 48.5 Å². The fourth-order valence-electron chi connectivity index (χ4n) is 4.74. The summed E-state index contributed by atoms with van der Waals surface area (Å²) in [6.45, 7) is 5.25. The number of esters is 1. The lowest BCUT2D eigenvalue weighted by molar-refractivity contribution is -0.154. The van der Waals surface area contributed by atoms with Crippen LogP contribution in [0.2, 0.25) is 0 Å². The highest BCUT2D eigenvalue weighted by Crippen LogP contribution is 2.45. The zero-order valence-electron chi connectivity index (χ0n) is 19.2. The molecule has 1 aliphatic carbocycles. The van der Waals surface area contributed by atoms with Crippen LogP contribution in [0.1, 0.15) is 50.7 Å². The van der Waals surface area contributed by atoms with Gasteiger partial charge in [-0.05, 0) is 55.9 Å². The van der Waals surface area contributed by atoms with Gasteiger partial charge in [0, 0.05) is 12.5 Å². The molecule has 0 spiro atoms. The summed E-state index contributed by atoms with van der Waals surface area (Å²) in [7, 11) is -3.73. The van der Waals surface area contributed by atoms with Crippen molar-refractivity contribution in [2.45, 2.75) is 51.2 Å². The van der Waals surface area contributed by atoms with E-state index in [9.17, 15) is 18.0 Å². The average molecular weight is 471 g/mol. The smallest absolute Gasteiger partial charge is 0.325 e. The molecule has 1 fully saturated rings. The van der Waals surface area contributed by atoms with Crippen LogP contribution in [0, 0.1) is 0 Å². The molecule has 1 amide bonds. The maximum absolute atomic E-state index is 13.5. The molecule has 1 aliphatic heterocycles. The average Bonchev–Trinajstić information content (AvgIpc) is 3.36. The van der Waals surface area contributed by atoms with Gasteiger partial charge >= 0.3 is 5.97 Å². The highest BCUT2D eigenvalue weighted by atomic mass is 32.2. The number of carbonyl (C=O) groups excluding carboxylic acids is 2. The van der Waals surface area contributed by atoms with Gasteiger partial charge in [0.2, 0.25) is 15.9 Å². The standard InChI is InChI=1S/C25H30N2O5S/c1-25(2,3)32-23(28)15-26-24(29)22-13-8-14-27(22)33(30,31)16-21-19-11-6-4-9-17(19)18-10-5-7-12-20(18)21/h4-7,9-12,21-22H,8,13-16H2,1-3H3,(H,26,29)/t22-/m0/s1. The summed E-state index contributed by atoms with van der Waals surface area (Å²) in [5, 5.41) is 2.55. The molecule has 2 aromatic carbocycles. The first-order valence-corrected chi connectivity index (χ1v) is 12.8. The molecule has 0 saturated carbocycles. The number of benzene rings is 2. The van der Waals surface area contributed by atoms with Gasteiger partial charge in [0.05, 0.1) is 5.75 Å². The summed E-state index contributed by atoms with van der Waals surface area (Å²) in [4.78, 5) is 24.7. The zero-order chi connectivity index (χ0) is 23.8. The highest BCUT2D eigenvalue weighted by Gasteiger charge is 2.41. The number of sulfonamides is 1. The predicted molar refractivity (Wildman–Crippen MR) is 126 cm³/mol. The van der Waals surface area contributed by atoms with E-state index in [-0.39, 0.29) is 18.2 Å². The first-order chi connectivity index (χ1) is 15.6. The number of hydrogen-bond donors (Lipinski definition) is 1. The molecule has 2 aliphatic rings. The lowest BCUT2D eigenvalue weighted by Gasteiger charge is -2.25. The molecule has 1 saturated heterocycles. The van der Waals surface area contributed by atoms with Crippen LogP contribution in [0.3, 0.4) is 0 Å². The van der Waals surface area contributed by atoms with Crippen molar-refractivity contribution in [3.05, 3.63) is 59.7 Å². The van der Waals surface area contributed by atoms with Crippen LogP contribution in [0.4, 0.5) is 0 Å². The molecule has 1 atom stereocenters. The molecule has 0 bridgehead atoms. The first kappa shape index (κ1) is 23.4. The van der Waals surface area contributed by atoms with Gasteiger partial charge in [-0.1, -0.05) is 48.5 Å². The number of amides is 1. The number of rotatable bonds is 6. The summed E-state index contributed by atoms with van der Waals surface area (Å²) >= 11 is 0. The third-order valence-electron chi connectivity index (χ3n) is 6.03. The summed E-state index contributed by atoms with van der Waals surface area (Å²) in [5.74, 6) is -1.40. The second kappa shape index (κ2) is 8.91. The first-order valence-electron chi connectivity index (χ1n) is 11.2. The highest BCUT2D eigenvalue weighted by molar-refractivity contribution is 7.89. The molecule has 2 aromatic rings. The van der Waals surface area contributed by atoms with Gasteiger partial charge in [-0.15, -0.1) is 0 Å². The maximum Gasteiger partial charge on any atom is 0.325 e. The maximum atomic E-state index is 13.5. The van der Waals surface area contributed by atoms with Crippen LogP contribution < -0.4 is 5.32 Å². The number of carbonyl (C=O) groups is 2. The molecule has 1 heterocycles. The Balaban J connectivity index is 1.49. The van der Waals surface area contributed by atoms with Gasteiger partial charge in [-0.25, -0.2) is 8.42 Å². The minimum absolute atomic E-state index is 0.100. The van der Waals surface area contributed by atoms with Crippen molar-refractivity contribution in [3.63, 3.8) is 0 Å². The van der Waals surface area contributed by atoms with Crippen LogP contribution in [0.5, 0.6) is 0 Å². The predicted octanol–water partition coefficient (Wildman–Crippen LogP) is 3.05. The Morgan fingerprint density at radius 3 is 2.18 bits per heavy atom. The van der Waals surface area contributed by atoms with Crippen LogP contribution in [0.15, 0.2) is 48.5 Å². The number of nitrogens with one attached hydrogen (secondary N) is 1. The molecule has 0 aromatic heterocycles. The van der Waals surface area contributed by atoms with Gasteiger partial charge in [0.1, 0.15) is 18.2 Å². The Bertz CT molecular complexity index is 1120. The van der Waals surface area contributed by atoms with E-state index in [0.717, 1.165) is 22.3 Å². The third kappa shape index (κ3) is 4.96. The summed E-state index contributed by atoms with van der Waals surface area (Å²) in [6.07, 6.45) is 1.03. The Kier molecular flexibility index (Phi) is 6.33. The minimum atomic E-state index is -3.73. The fraction of sp³-hybridized carbons (Fsp3) is 0.440. The molecule has 33 heavy (non-hydrogen) atoms. The van der Waals surface area contributed by atoms with Crippen LogP contribution >= 0.6 is 0 Å². The lowest BCUT2D eigenvalue weighted by Crippen LogP contribution is -2.48. The molecule has 176 valence electrons. The Hall–Kier alpha value is -2.71. The van der Waals surface area contributed by atoms with Crippen molar-refractivity contribution in [2.24, 2.45) is 0 Å². The van der Waals surface area contributed by atoms with Crippen molar-refractivity contribution >= 4 is 21.9 Å². The lowest BCUT2D eigenvalue weighted by atomic mass is 9.99. The Labute approximate surface area is 195 Å². The van der Waals surface area contributed by atoms with Crippen LogP contribution in [-0.4, -0.2) is 55.1 Å². The molecule has 7 nitrogen and oxygen atoms in total. The van der Waals surface area contributed by atoms with Gasteiger partial charge in [0.15, 0.2) is 0 Å². The normalized spacial score (nSPS) is 18.6. The van der Waals surface area contributed by atoms with Crippen molar-refractivity contribution in [1.82, 2.24) is 9.62 Å². The van der Waals surface area contributed by atoms with Crippen molar-refractivity contribution < 1.29 is 22.7 Å². The number of ether oxygens (including phenoxy) is 1. The molecule has 8 heteroatoms. The molecule has 4 rings (SSSR count). The van der Waals surface area contributed by atoms with Gasteiger partial charge < -0.3 is 10.1 Å². The molecule has 1 N–H and O–H groups in total. The van der Waals surface area contributed by atoms with E-state index >= 15 is 0 Å². The van der Waals surface area contributed by atoms with E-state index in [1.54, 1.807) is 20.8 Å². The second-order valence-electron chi connectivity index (χ2n) is 9.58. The molecule has 0 unspecified atom stereocenters. The van der Waals surface area contributed by atoms with Crippen molar-refractivity contribution in [1.29, 1.82) is 0 Å². The number of nitrogens with zero attached hydrogens (tertiary/aromatic N) is 1. The van der Waals surface area contributed by atoms with Crippen LogP contribution in [0.25, 0.3) is 11.1 Å². The van der Waals surface area contributed by atoms with E-state index in [1.165, 1.54) is 4.31 Å². The molecular weight excluding hydrogens is 440 g/mol. The second-order valence-corrected chi connectivity index (χ2v) is 11.5. The van der Waals surface area contributed by atoms with Crippen molar-refractivity contribution in [2.75, 3.05) is 18.8 Å². The monoisotopic (exact) mass is 470 g/mol. The third-order valence-corrected chi connectivity index (χ3v) is 7.94. The minimum Gasteiger partial charge on any atom is -0.459 e. The Morgan fingerprint density at radius 1 is 1.03 bits per heavy atom. The van der Waals surface area contributed by atoms with Gasteiger partial charge in [0.25, 0.3) is 0 Å². The molecule has 0 radical (unpaired) electrons. The van der Waals surface area contributed by atoms with Crippen LogP contribution in [-0.2, 0) is 24.3 Å². The van der Waals surface area contributed by atoms with Crippen molar-refractivity contribution in [3.8, 4) is 11.1 Å². The largest absolute Gasteiger partial charge is 0.459 e. The summed E-state index contributed by atoms with van der Waals surface area (Å²) < 4.78 is 33.5. The number of hydrogen-bond acceptors (Lipinski definition) is 5. The summed E-state index contributed by atoms with van der Waals surface area (Å²) in [6, 6.07) is 14.9.